The number of anilines is 1. The number of hydrogen-bond acceptors (Lipinski definition) is 3. The van der Waals surface area contributed by atoms with E-state index in [1.165, 1.54) is 12.1 Å². The van der Waals surface area contributed by atoms with Gasteiger partial charge in [0.05, 0.1) is 6.54 Å². The van der Waals surface area contributed by atoms with Crippen molar-refractivity contribution in [3.63, 3.8) is 0 Å². The van der Waals surface area contributed by atoms with E-state index in [-0.39, 0.29) is 12.4 Å². The normalized spacial score (nSPS) is 15.6. The molecule has 0 aliphatic carbocycles. The third-order valence-corrected chi connectivity index (χ3v) is 3.07. The van der Waals surface area contributed by atoms with Crippen LogP contribution in [-0.4, -0.2) is 36.9 Å². The molecule has 1 heterocycles. The second-order valence-electron chi connectivity index (χ2n) is 4.25. The summed E-state index contributed by atoms with van der Waals surface area (Å²) in [4.78, 5) is 12.9. The standard InChI is InChI=1S/C13H16FNO3/c1-2-18-12(13(16)17)8-15-6-5-9-3-4-10(14)7-11(9)15/h3-4,7,12H,2,5-6,8H2,1H3,(H,16,17). The van der Waals surface area contributed by atoms with Crippen LogP contribution in [0, 0.1) is 5.82 Å². The summed E-state index contributed by atoms with van der Waals surface area (Å²) in [5, 5.41) is 9.04. The van der Waals surface area contributed by atoms with Crippen LogP contribution in [0.5, 0.6) is 0 Å². The van der Waals surface area contributed by atoms with Gasteiger partial charge in [0.2, 0.25) is 0 Å². The smallest absolute Gasteiger partial charge is 0.334 e. The Hall–Kier alpha value is -1.62. The fraction of sp³-hybridized carbons (Fsp3) is 0.462. The summed E-state index contributed by atoms with van der Waals surface area (Å²) in [5.41, 5.74) is 1.83. The Morgan fingerprint density at radius 3 is 3.06 bits per heavy atom. The maximum atomic E-state index is 13.2. The lowest BCUT2D eigenvalue weighted by Gasteiger charge is -2.23. The van der Waals surface area contributed by atoms with Crippen molar-refractivity contribution in [3.8, 4) is 0 Å². The van der Waals surface area contributed by atoms with Crippen LogP contribution < -0.4 is 4.90 Å². The quantitative estimate of drug-likeness (QED) is 0.867. The zero-order valence-electron chi connectivity index (χ0n) is 10.2. The van der Waals surface area contributed by atoms with Gasteiger partial charge in [-0.15, -0.1) is 0 Å². The van der Waals surface area contributed by atoms with Crippen LogP contribution >= 0.6 is 0 Å². The van der Waals surface area contributed by atoms with Gasteiger partial charge in [-0.05, 0) is 31.0 Å². The van der Waals surface area contributed by atoms with Crippen molar-refractivity contribution in [3.05, 3.63) is 29.6 Å². The lowest BCUT2D eigenvalue weighted by Crippen LogP contribution is -2.38. The Balaban J connectivity index is 2.13. The first-order valence-corrected chi connectivity index (χ1v) is 5.99. The lowest BCUT2D eigenvalue weighted by atomic mass is 10.1. The highest BCUT2D eigenvalue weighted by atomic mass is 19.1. The summed E-state index contributed by atoms with van der Waals surface area (Å²) in [6, 6.07) is 4.63. The Labute approximate surface area is 105 Å². The highest BCUT2D eigenvalue weighted by Crippen LogP contribution is 2.28. The zero-order chi connectivity index (χ0) is 13.1. The second kappa shape index (κ2) is 5.35. The first-order valence-electron chi connectivity index (χ1n) is 5.99. The van der Waals surface area contributed by atoms with Gasteiger partial charge in [-0.25, -0.2) is 9.18 Å². The molecule has 0 aromatic heterocycles. The molecule has 1 atom stereocenters. The van der Waals surface area contributed by atoms with Crippen molar-refractivity contribution in [2.45, 2.75) is 19.4 Å². The third-order valence-electron chi connectivity index (χ3n) is 3.07. The number of benzene rings is 1. The van der Waals surface area contributed by atoms with Gasteiger partial charge in [0.25, 0.3) is 0 Å². The van der Waals surface area contributed by atoms with E-state index in [0.29, 0.717) is 13.2 Å². The van der Waals surface area contributed by atoms with E-state index < -0.39 is 12.1 Å². The topological polar surface area (TPSA) is 49.8 Å². The molecule has 1 N–H and O–H groups in total. The first kappa shape index (κ1) is 12.8. The van der Waals surface area contributed by atoms with E-state index in [9.17, 15) is 9.18 Å². The van der Waals surface area contributed by atoms with E-state index in [1.807, 2.05) is 4.90 Å². The first-order chi connectivity index (χ1) is 8.61. The van der Waals surface area contributed by atoms with Gasteiger partial charge in [0.15, 0.2) is 6.10 Å². The highest BCUT2D eigenvalue weighted by Gasteiger charge is 2.26. The summed E-state index contributed by atoms with van der Waals surface area (Å²) in [6.45, 7) is 3.06. The lowest BCUT2D eigenvalue weighted by molar-refractivity contribution is -0.149. The van der Waals surface area contributed by atoms with Crippen LogP contribution in [0.1, 0.15) is 12.5 Å². The van der Waals surface area contributed by atoms with Crippen molar-refractivity contribution < 1.29 is 19.0 Å². The third kappa shape index (κ3) is 2.61. The summed E-state index contributed by atoms with van der Waals surface area (Å²) in [6.07, 6.45) is -0.0575. The SMILES string of the molecule is CCOC(CN1CCc2ccc(F)cc21)C(=O)O. The van der Waals surface area contributed by atoms with E-state index in [2.05, 4.69) is 0 Å². The molecule has 2 rings (SSSR count). The number of fused-ring (bicyclic) bond motifs is 1. The summed E-state index contributed by atoms with van der Waals surface area (Å²) < 4.78 is 18.4. The Morgan fingerprint density at radius 2 is 2.39 bits per heavy atom. The fourth-order valence-corrected chi connectivity index (χ4v) is 2.21. The van der Waals surface area contributed by atoms with E-state index in [0.717, 1.165) is 17.7 Å². The molecule has 1 aliphatic rings. The number of aliphatic carboxylic acids is 1. The molecule has 0 saturated heterocycles. The van der Waals surface area contributed by atoms with Gasteiger partial charge in [-0.1, -0.05) is 6.07 Å². The number of rotatable bonds is 5. The molecular weight excluding hydrogens is 237 g/mol. The van der Waals surface area contributed by atoms with Gasteiger partial charge < -0.3 is 14.7 Å². The molecule has 1 aromatic rings. The molecule has 1 aliphatic heterocycles. The number of hydrogen-bond donors (Lipinski definition) is 1. The monoisotopic (exact) mass is 253 g/mol. The molecule has 18 heavy (non-hydrogen) atoms. The van der Waals surface area contributed by atoms with Gasteiger partial charge in [0, 0.05) is 18.8 Å². The number of carboxylic acids is 1. The Morgan fingerprint density at radius 1 is 1.61 bits per heavy atom. The average Bonchev–Trinajstić information content (AvgIpc) is 2.71. The second-order valence-corrected chi connectivity index (χ2v) is 4.25. The van der Waals surface area contributed by atoms with Crippen molar-refractivity contribution in [1.82, 2.24) is 0 Å². The molecule has 98 valence electrons. The predicted molar refractivity (Wildman–Crippen MR) is 65.4 cm³/mol. The average molecular weight is 253 g/mol. The number of carboxylic acid groups (broad SMARTS) is 1. The zero-order valence-corrected chi connectivity index (χ0v) is 10.2. The minimum absolute atomic E-state index is 0.250. The number of carbonyl (C=O) groups is 1. The van der Waals surface area contributed by atoms with Crippen LogP contribution in [0.2, 0.25) is 0 Å². The molecule has 1 unspecified atom stereocenters. The van der Waals surface area contributed by atoms with Gasteiger partial charge in [0.1, 0.15) is 5.82 Å². The Kier molecular flexibility index (Phi) is 3.81. The highest BCUT2D eigenvalue weighted by molar-refractivity contribution is 5.73. The molecule has 0 spiro atoms. The minimum Gasteiger partial charge on any atom is -0.479 e. The van der Waals surface area contributed by atoms with E-state index >= 15 is 0 Å². The van der Waals surface area contributed by atoms with Crippen molar-refractivity contribution >= 4 is 11.7 Å². The van der Waals surface area contributed by atoms with Crippen LogP contribution in [-0.2, 0) is 16.0 Å². The summed E-state index contributed by atoms with van der Waals surface area (Å²) in [7, 11) is 0. The summed E-state index contributed by atoms with van der Waals surface area (Å²) in [5.74, 6) is -1.29. The van der Waals surface area contributed by atoms with E-state index in [1.54, 1.807) is 13.0 Å². The number of nitrogens with zero attached hydrogens (tertiary/aromatic N) is 1. The summed E-state index contributed by atoms with van der Waals surface area (Å²) >= 11 is 0. The molecular formula is C13H16FNO3. The number of ether oxygens (including phenoxy) is 1. The van der Waals surface area contributed by atoms with Gasteiger partial charge in [-0.2, -0.15) is 0 Å². The molecule has 4 nitrogen and oxygen atoms in total. The maximum Gasteiger partial charge on any atom is 0.334 e. The van der Waals surface area contributed by atoms with E-state index in [4.69, 9.17) is 9.84 Å². The maximum absolute atomic E-state index is 13.2. The molecule has 0 radical (unpaired) electrons. The number of halogens is 1. The van der Waals surface area contributed by atoms with Gasteiger partial charge >= 0.3 is 5.97 Å². The molecule has 1 aromatic carbocycles. The van der Waals surface area contributed by atoms with Crippen molar-refractivity contribution in [1.29, 1.82) is 0 Å². The van der Waals surface area contributed by atoms with Crippen LogP contribution in [0.25, 0.3) is 0 Å². The molecule has 0 amide bonds. The van der Waals surface area contributed by atoms with Gasteiger partial charge in [-0.3, -0.25) is 0 Å². The van der Waals surface area contributed by atoms with Crippen LogP contribution in [0.3, 0.4) is 0 Å². The van der Waals surface area contributed by atoms with Crippen LogP contribution in [0.4, 0.5) is 10.1 Å². The molecule has 0 bridgehead atoms. The fourth-order valence-electron chi connectivity index (χ4n) is 2.21. The van der Waals surface area contributed by atoms with Crippen molar-refractivity contribution in [2.75, 3.05) is 24.6 Å². The van der Waals surface area contributed by atoms with Crippen molar-refractivity contribution in [2.24, 2.45) is 0 Å². The molecule has 0 saturated carbocycles. The minimum atomic E-state index is -0.985. The molecule has 5 heteroatoms. The molecule has 0 fully saturated rings. The Bertz CT molecular complexity index is 450. The van der Waals surface area contributed by atoms with Crippen LogP contribution in [0.15, 0.2) is 18.2 Å². The largest absolute Gasteiger partial charge is 0.479 e. The predicted octanol–water partition coefficient (Wildman–Crippen LogP) is 1.68.